The fourth-order valence-electron chi connectivity index (χ4n) is 1.77. The molecule has 1 fully saturated rings. The van der Waals surface area contributed by atoms with E-state index in [0.29, 0.717) is 0 Å². The van der Waals surface area contributed by atoms with Crippen molar-refractivity contribution in [2.24, 2.45) is 0 Å². The van der Waals surface area contributed by atoms with Crippen LogP contribution in [0.2, 0.25) is 0 Å². The van der Waals surface area contributed by atoms with E-state index in [2.05, 4.69) is 15.5 Å². The largest absolute Gasteiger partial charge is 0.462 e. The number of piperazine rings is 1. The molecular weight excluding hydrogens is 288 g/mol. The summed E-state index contributed by atoms with van der Waals surface area (Å²) in [4.78, 5) is 23.0. The second kappa shape index (κ2) is 5.59. The van der Waals surface area contributed by atoms with Gasteiger partial charge in [-0.15, -0.1) is 0 Å². The molecule has 9 nitrogen and oxygen atoms in total. The van der Waals surface area contributed by atoms with Crippen molar-refractivity contribution in [2.75, 3.05) is 26.2 Å². The van der Waals surface area contributed by atoms with Gasteiger partial charge in [0.25, 0.3) is 10.0 Å². The molecule has 20 heavy (non-hydrogen) atoms. The summed E-state index contributed by atoms with van der Waals surface area (Å²) in [7, 11) is -3.99. The molecule has 0 spiro atoms. The van der Waals surface area contributed by atoms with Gasteiger partial charge in [-0.2, -0.15) is 9.40 Å². The van der Waals surface area contributed by atoms with Crippen molar-refractivity contribution in [1.82, 2.24) is 19.8 Å². The molecular formula is C10H14N4O5S. The van der Waals surface area contributed by atoms with Gasteiger partial charge in [-0.25, -0.2) is 13.2 Å². The van der Waals surface area contributed by atoms with Gasteiger partial charge in [-0.1, -0.05) is 0 Å². The lowest BCUT2D eigenvalue weighted by Gasteiger charge is -2.25. The number of nitrogens with one attached hydrogen (secondary N) is 2. The van der Waals surface area contributed by atoms with Crippen molar-refractivity contribution in [3.8, 4) is 0 Å². The minimum absolute atomic E-state index is 0.121. The van der Waals surface area contributed by atoms with E-state index in [1.165, 1.54) is 0 Å². The van der Waals surface area contributed by atoms with Gasteiger partial charge < -0.3 is 10.1 Å². The summed E-state index contributed by atoms with van der Waals surface area (Å²) in [6.07, 6.45) is 1.09. The Labute approximate surface area is 115 Å². The highest BCUT2D eigenvalue weighted by Gasteiger charge is 2.34. The topological polar surface area (TPSA) is 121 Å². The van der Waals surface area contributed by atoms with Gasteiger partial charge in [-0.3, -0.25) is 9.89 Å². The van der Waals surface area contributed by atoms with Crippen LogP contribution in [0, 0.1) is 0 Å². The molecule has 0 bridgehead atoms. The van der Waals surface area contributed by atoms with Crippen LogP contribution in [0.3, 0.4) is 0 Å². The van der Waals surface area contributed by atoms with Gasteiger partial charge in [-0.05, 0) is 6.92 Å². The number of aromatic nitrogens is 2. The molecule has 1 aromatic rings. The van der Waals surface area contributed by atoms with Crippen LogP contribution in [0.1, 0.15) is 17.3 Å². The number of esters is 1. The highest BCUT2D eigenvalue weighted by Crippen LogP contribution is 2.18. The summed E-state index contributed by atoms with van der Waals surface area (Å²) in [5, 5.41) is 8.03. The molecule has 110 valence electrons. The monoisotopic (exact) mass is 302 g/mol. The lowest BCUT2D eigenvalue weighted by Crippen LogP contribution is -2.50. The Morgan fingerprint density at radius 3 is 2.95 bits per heavy atom. The average Bonchev–Trinajstić information content (AvgIpc) is 2.89. The van der Waals surface area contributed by atoms with Gasteiger partial charge in [0.2, 0.25) is 5.91 Å². The zero-order chi connectivity index (χ0) is 14.8. The van der Waals surface area contributed by atoms with E-state index in [9.17, 15) is 18.0 Å². The molecule has 2 N–H and O–H groups in total. The standard InChI is InChI=1S/C10H14N4O5S/c1-2-19-10(16)7-5-12-13-9(7)20(17,18)14-4-3-11-8(15)6-14/h5H,2-4,6H2,1H3,(H,11,15)(H,12,13). The molecule has 2 heterocycles. The highest BCUT2D eigenvalue weighted by molar-refractivity contribution is 7.89. The zero-order valence-electron chi connectivity index (χ0n) is 10.7. The quantitative estimate of drug-likeness (QED) is 0.667. The average molecular weight is 302 g/mol. The van der Waals surface area contributed by atoms with Crippen molar-refractivity contribution in [3.05, 3.63) is 11.8 Å². The molecule has 0 atom stereocenters. The molecule has 1 aliphatic rings. The normalized spacial score (nSPS) is 16.8. The number of rotatable bonds is 4. The maximum atomic E-state index is 12.4. The van der Waals surface area contributed by atoms with E-state index < -0.39 is 21.9 Å². The van der Waals surface area contributed by atoms with Gasteiger partial charge in [0, 0.05) is 13.1 Å². The molecule has 1 amide bonds. The summed E-state index contributed by atoms with van der Waals surface area (Å²) in [6.45, 7) is 1.80. The Morgan fingerprint density at radius 1 is 1.55 bits per heavy atom. The van der Waals surface area contributed by atoms with Crippen LogP contribution in [-0.2, 0) is 19.6 Å². The van der Waals surface area contributed by atoms with Crippen LogP contribution in [0.25, 0.3) is 0 Å². The van der Waals surface area contributed by atoms with Gasteiger partial charge in [0.15, 0.2) is 5.03 Å². The SMILES string of the molecule is CCOC(=O)c1cn[nH]c1S(=O)(=O)N1CCNC(=O)C1. The van der Waals surface area contributed by atoms with E-state index in [4.69, 9.17) is 4.74 Å². The lowest BCUT2D eigenvalue weighted by molar-refractivity contribution is -0.122. The van der Waals surface area contributed by atoms with Crippen molar-refractivity contribution in [1.29, 1.82) is 0 Å². The van der Waals surface area contributed by atoms with Gasteiger partial charge in [0.1, 0.15) is 5.56 Å². The van der Waals surface area contributed by atoms with Crippen molar-refractivity contribution in [2.45, 2.75) is 11.9 Å². The first-order valence-corrected chi connectivity index (χ1v) is 7.38. The van der Waals surface area contributed by atoms with Crippen LogP contribution >= 0.6 is 0 Å². The number of nitrogens with zero attached hydrogens (tertiary/aromatic N) is 2. The van der Waals surface area contributed by atoms with E-state index in [1.807, 2.05) is 0 Å². The van der Waals surface area contributed by atoms with Crippen LogP contribution < -0.4 is 5.32 Å². The van der Waals surface area contributed by atoms with Crippen LogP contribution in [-0.4, -0.2) is 61.0 Å². The second-order valence-corrected chi connectivity index (χ2v) is 5.90. The number of hydrogen-bond acceptors (Lipinski definition) is 6. The predicted molar refractivity (Wildman–Crippen MR) is 66.3 cm³/mol. The van der Waals surface area contributed by atoms with Crippen molar-refractivity contribution < 1.29 is 22.7 Å². The Bertz CT molecular complexity index is 623. The number of carbonyl (C=O) groups excluding carboxylic acids is 2. The lowest BCUT2D eigenvalue weighted by atomic mass is 10.4. The van der Waals surface area contributed by atoms with Crippen molar-refractivity contribution >= 4 is 21.9 Å². The summed E-state index contributed by atoms with van der Waals surface area (Å²) < 4.78 is 30.5. The fraction of sp³-hybridized carbons (Fsp3) is 0.500. The van der Waals surface area contributed by atoms with E-state index in [0.717, 1.165) is 10.5 Å². The first-order chi connectivity index (χ1) is 9.46. The first-order valence-electron chi connectivity index (χ1n) is 5.94. The number of hydrogen-bond donors (Lipinski definition) is 2. The summed E-state index contributed by atoms with van der Waals surface area (Å²) >= 11 is 0. The Kier molecular flexibility index (Phi) is 4.04. The smallest absolute Gasteiger partial charge is 0.342 e. The third-order valence-corrected chi connectivity index (χ3v) is 4.52. The third kappa shape index (κ3) is 2.65. The first kappa shape index (κ1) is 14.5. The number of sulfonamides is 1. The maximum Gasteiger partial charge on any atom is 0.342 e. The Hall–Kier alpha value is -1.94. The second-order valence-electron chi connectivity index (χ2n) is 4.02. The molecule has 0 aliphatic carbocycles. The van der Waals surface area contributed by atoms with Gasteiger partial charge in [0.05, 0.1) is 19.3 Å². The number of H-pyrrole nitrogens is 1. The number of amides is 1. The predicted octanol–water partition coefficient (Wildman–Crippen LogP) is -1.29. The molecule has 0 unspecified atom stereocenters. The number of carbonyl (C=O) groups is 2. The van der Waals surface area contributed by atoms with E-state index >= 15 is 0 Å². The molecule has 10 heteroatoms. The molecule has 1 aliphatic heterocycles. The molecule has 2 rings (SSSR count). The van der Waals surface area contributed by atoms with Crippen LogP contribution in [0.5, 0.6) is 0 Å². The minimum atomic E-state index is -3.99. The number of aromatic amines is 1. The minimum Gasteiger partial charge on any atom is -0.462 e. The maximum absolute atomic E-state index is 12.4. The zero-order valence-corrected chi connectivity index (χ0v) is 11.6. The summed E-state index contributed by atoms with van der Waals surface area (Å²) in [6, 6.07) is 0. The van der Waals surface area contributed by atoms with Crippen LogP contribution in [0.4, 0.5) is 0 Å². The Balaban J connectivity index is 2.33. The number of ether oxygens (including phenoxy) is 1. The van der Waals surface area contributed by atoms with E-state index in [-0.39, 0.29) is 36.8 Å². The summed E-state index contributed by atoms with van der Waals surface area (Å²) in [5.74, 6) is -1.17. The molecule has 1 saturated heterocycles. The molecule has 0 aromatic carbocycles. The van der Waals surface area contributed by atoms with E-state index in [1.54, 1.807) is 6.92 Å². The summed E-state index contributed by atoms with van der Waals surface area (Å²) in [5.41, 5.74) is -0.169. The molecule has 0 radical (unpaired) electrons. The van der Waals surface area contributed by atoms with Gasteiger partial charge >= 0.3 is 5.97 Å². The third-order valence-electron chi connectivity index (χ3n) is 2.70. The molecule has 1 aromatic heterocycles. The fourth-order valence-corrected chi connectivity index (χ4v) is 3.23. The Morgan fingerprint density at radius 2 is 2.30 bits per heavy atom. The molecule has 0 saturated carbocycles. The van der Waals surface area contributed by atoms with Crippen LogP contribution in [0.15, 0.2) is 11.2 Å². The highest BCUT2D eigenvalue weighted by atomic mass is 32.2. The van der Waals surface area contributed by atoms with Crippen molar-refractivity contribution in [3.63, 3.8) is 0 Å².